The Balaban J connectivity index is 2.28. The number of fused-ring (bicyclic) bond motifs is 1. The molecule has 0 saturated carbocycles. The van der Waals surface area contributed by atoms with E-state index in [0.717, 1.165) is 22.9 Å². The first-order chi connectivity index (χ1) is 8.70. The van der Waals surface area contributed by atoms with Gasteiger partial charge in [-0.05, 0) is 19.1 Å². The van der Waals surface area contributed by atoms with Gasteiger partial charge >= 0.3 is 0 Å². The summed E-state index contributed by atoms with van der Waals surface area (Å²) in [4.78, 5) is 4.58. The van der Waals surface area contributed by atoms with Crippen molar-refractivity contribution in [3.63, 3.8) is 0 Å². The summed E-state index contributed by atoms with van der Waals surface area (Å²) in [7, 11) is 0. The predicted octanol–water partition coefficient (Wildman–Crippen LogP) is 3.38. The molecule has 0 fully saturated rings. The molecule has 0 aliphatic rings. The number of halogens is 2. The topological polar surface area (TPSA) is 35.1 Å². The molecular formula is C12H10BrClN4. The monoisotopic (exact) mass is 324 g/mol. The van der Waals surface area contributed by atoms with E-state index in [0.29, 0.717) is 10.4 Å². The van der Waals surface area contributed by atoms with Crippen LogP contribution in [0.2, 0.25) is 5.02 Å². The number of imidazole rings is 1. The number of nitrogens with zero attached hydrogens (tertiary/aromatic N) is 4. The third-order valence-electron chi connectivity index (χ3n) is 2.79. The zero-order valence-electron chi connectivity index (χ0n) is 9.64. The van der Waals surface area contributed by atoms with E-state index in [9.17, 15) is 0 Å². The first-order valence-corrected chi connectivity index (χ1v) is 6.94. The van der Waals surface area contributed by atoms with Crippen LogP contribution in [0.5, 0.6) is 0 Å². The SMILES string of the molecule is Cc1nn(-c2nc3ccccn3c2CBr)cc1Cl. The lowest BCUT2D eigenvalue weighted by atomic mass is 10.4. The van der Waals surface area contributed by atoms with E-state index in [1.807, 2.05) is 35.7 Å². The average Bonchev–Trinajstić information content (AvgIpc) is 2.90. The molecule has 3 aromatic heterocycles. The molecule has 0 saturated heterocycles. The van der Waals surface area contributed by atoms with Crippen LogP contribution in [0.4, 0.5) is 0 Å². The normalized spacial score (nSPS) is 11.3. The van der Waals surface area contributed by atoms with Crippen LogP contribution in [-0.2, 0) is 5.33 Å². The Morgan fingerprint density at radius 2 is 2.22 bits per heavy atom. The summed E-state index contributed by atoms with van der Waals surface area (Å²) in [5, 5.41) is 5.72. The van der Waals surface area contributed by atoms with Gasteiger partial charge in [0.05, 0.1) is 22.6 Å². The lowest BCUT2D eigenvalue weighted by Crippen LogP contribution is -2.00. The lowest BCUT2D eigenvalue weighted by molar-refractivity contribution is 0.830. The van der Waals surface area contributed by atoms with E-state index in [-0.39, 0.29) is 0 Å². The van der Waals surface area contributed by atoms with E-state index < -0.39 is 0 Å². The van der Waals surface area contributed by atoms with Gasteiger partial charge in [-0.25, -0.2) is 9.67 Å². The number of alkyl halides is 1. The van der Waals surface area contributed by atoms with Crippen molar-refractivity contribution in [1.82, 2.24) is 19.2 Å². The van der Waals surface area contributed by atoms with Gasteiger partial charge in [0.1, 0.15) is 5.65 Å². The van der Waals surface area contributed by atoms with Crippen molar-refractivity contribution in [2.45, 2.75) is 12.3 Å². The number of rotatable bonds is 2. The second-order valence-corrected chi connectivity index (χ2v) is 4.92. The molecule has 0 radical (unpaired) electrons. The fourth-order valence-electron chi connectivity index (χ4n) is 1.89. The fraction of sp³-hybridized carbons (Fsp3) is 0.167. The van der Waals surface area contributed by atoms with E-state index >= 15 is 0 Å². The maximum absolute atomic E-state index is 6.04. The quantitative estimate of drug-likeness (QED) is 0.677. The van der Waals surface area contributed by atoms with Crippen molar-refractivity contribution in [1.29, 1.82) is 0 Å². The third-order valence-corrected chi connectivity index (χ3v) is 3.69. The molecular weight excluding hydrogens is 316 g/mol. The summed E-state index contributed by atoms with van der Waals surface area (Å²) in [5.41, 5.74) is 2.74. The van der Waals surface area contributed by atoms with Crippen molar-refractivity contribution in [2.24, 2.45) is 0 Å². The van der Waals surface area contributed by atoms with Gasteiger partial charge < -0.3 is 4.40 Å². The fourth-order valence-corrected chi connectivity index (χ4v) is 2.54. The molecule has 4 nitrogen and oxygen atoms in total. The summed E-state index contributed by atoms with van der Waals surface area (Å²) in [6, 6.07) is 5.91. The van der Waals surface area contributed by atoms with Gasteiger partial charge in [0.15, 0.2) is 5.82 Å². The van der Waals surface area contributed by atoms with E-state index in [2.05, 4.69) is 26.0 Å². The summed E-state index contributed by atoms with van der Waals surface area (Å²) >= 11 is 9.54. The molecule has 3 heterocycles. The number of aromatic nitrogens is 4. The van der Waals surface area contributed by atoms with Crippen LogP contribution in [0, 0.1) is 6.92 Å². The van der Waals surface area contributed by atoms with Crippen molar-refractivity contribution in [3.05, 3.63) is 47.0 Å². The highest BCUT2D eigenvalue weighted by atomic mass is 79.9. The van der Waals surface area contributed by atoms with Gasteiger partial charge in [-0.2, -0.15) is 5.10 Å². The van der Waals surface area contributed by atoms with Crippen molar-refractivity contribution in [2.75, 3.05) is 0 Å². The molecule has 0 aliphatic carbocycles. The summed E-state index contributed by atoms with van der Waals surface area (Å²) in [5.74, 6) is 0.799. The van der Waals surface area contributed by atoms with Gasteiger partial charge in [-0.3, -0.25) is 0 Å². The zero-order chi connectivity index (χ0) is 12.7. The van der Waals surface area contributed by atoms with Crippen LogP contribution in [0.1, 0.15) is 11.4 Å². The van der Waals surface area contributed by atoms with E-state index in [1.54, 1.807) is 10.9 Å². The Labute approximate surface area is 117 Å². The van der Waals surface area contributed by atoms with Crippen molar-refractivity contribution >= 4 is 33.2 Å². The Bertz CT molecular complexity index is 697. The third kappa shape index (κ3) is 1.74. The Morgan fingerprint density at radius 3 is 2.89 bits per heavy atom. The molecule has 3 aromatic rings. The predicted molar refractivity (Wildman–Crippen MR) is 74.7 cm³/mol. The maximum Gasteiger partial charge on any atom is 0.176 e. The molecule has 18 heavy (non-hydrogen) atoms. The van der Waals surface area contributed by atoms with Gasteiger partial charge in [-0.1, -0.05) is 33.6 Å². The van der Waals surface area contributed by atoms with Gasteiger partial charge in [0.25, 0.3) is 0 Å². The Kier molecular flexibility index (Phi) is 2.87. The molecule has 0 aliphatic heterocycles. The molecule has 0 N–H and O–H groups in total. The second kappa shape index (κ2) is 4.40. The molecule has 92 valence electrons. The van der Waals surface area contributed by atoms with Crippen LogP contribution in [0.15, 0.2) is 30.6 Å². The smallest absolute Gasteiger partial charge is 0.176 e. The molecule has 0 atom stereocenters. The average molecular weight is 326 g/mol. The summed E-state index contributed by atoms with van der Waals surface area (Å²) < 4.78 is 3.76. The molecule has 0 unspecified atom stereocenters. The minimum atomic E-state index is 0.646. The van der Waals surface area contributed by atoms with Crippen molar-refractivity contribution < 1.29 is 0 Å². The molecule has 6 heteroatoms. The first kappa shape index (κ1) is 11.7. The first-order valence-electron chi connectivity index (χ1n) is 5.45. The highest BCUT2D eigenvalue weighted by molar-refractivity contribution is 9.08. The standard InChI is InChI=1S/C12H10BrClN4/c1-8-9(14)7-18(16-8)12-10(6-13)17-5-3-2-4-11(17)15-12/h2-5,7H,6H2,1H3. The number of hydrogen-bond acceptors (Lipinski definition) is 2. The second-order valence-electron chi connectivity index (χ2n) is 3.95. The molecule has 0 bridgehead atoms. The minimum absolute atomic E-state index is 0.646. The summed E-state index contributed by atoms with van der Waals surface area (Å²) in [6.45, 7) is 1.88. The van der Waals surface area contributed by atoms with Crippen LogP contribution < -0.4 is 0 Å². The Hall–Kier alpha value is -1.33. The Morgan fingerprint density at radius 1 is 1.39 bits per heavy atom. The number of pyridine rings is 1. The zero-order valence-corrected chi connectivity index (χ0v) is 12.0. The van der Waals surface area contributed by atoms with Gasteiger partial charge in [0.2, 0.25) is 0 Å². The van der Waals surface area contributed by atoms with Crippen molar-refractivity contribution in [3.8, 4) is 5.82 Å². The molecule has 3 rings (SSSR count). The minimum Gasteiger partial charge on any atom is -0.301 e. The van der Waals surface area contributed by atoms with Crippen LogP contribution in [0.25, 0.3) is 11.5 Å². The largest absolute Gasteiger partial charge is 0.301 e. The van der Waals surface area contributed by atoms with Crippen LogP contribution in [-0.4, -0.2) is 19.2 Å². The van der Waals surface area contributed by atoms with Gasteiger partial charge in [-0.15, -0.1) is 0 Å². The van der Waals surface area contributed by atoms with E-state index in [4.69, 9.17) is 11.6 Å². The molecule has 0 spiro atoms. The number of hydrogen-bond donors (Lipinski definition) is 0. The lowest BCUT2D eigenvalue weighted by Gasteiger charge is -2.00. The molecule has 0 aromatic carbocycles. The molecule has 0 amide bonds. The maximum atomic E-state index is 6.04. The highest BCUT2D eigenvalue weighted by Crippen LogP contribution is 2.21. The highest BCUT2D eigenvalue weighted by Gasteiger charge is 2.14. The summed E-state index contributed by atoms with van der Waals surface area (Å²) in [6.07, 6.45) is 3.77. The van der Waals surface area contributed by atoms with Crippen LogP contribution >= 0.6 is 27.5 Å². The van der Waals surface area contributed by atoms with E-state index in [1.165, 1.54) is 0 Å². The van der Waals surface area contributed by atoms with Crippen LogP contribution in [0.3, 0.4) is 0 Å². The number of aryl methyl sites for hydroxylation is 1. The van der Waals surface area contributed by atoms with Gasteiger partial charge in [0, 0.05) is 11.5 Å².